The number of methoxy groups -OCH3 is 1. The smallest absolute Gasteiger partial charge is 0.214 e. The molecule has 5 nitrogen and oxygen atoms in total. The van der Waals surface area contributed by atoms with Gasteiger partial charge in [-0.2, -0.15) is 0 Å². The normalized spacial score (nSPS) is 24.8. The van der Waals surface area contributed by atoms with Crippen molar-refractivity contribution in [3.05, 3.63) is 18.3 Å². The minimum absolute atomic E-state index is 0.0953. The molecule has 94 valence electrons. The van der Waals surface area contributed by atoms with Crippen LogP contribution >= 0.6 is 0 Å². The number of nitrogens with zero attached hydrogens (tertiary/aromatic N) is 2. The Morgan fingerprint density at radius 2 is 2.41 bits per heavy atom. The molecule has 1 fully saturated rings. The highest BCUT2D eigenvalue weighted by molar-refractivity contribution is 5.48. The van der Waals surface area contributed by atoms with Crippen molar-refractivity contribution >= 4 is 5.69 Å². The molecule has 5 heteroatoms. The van der Waals surface area contributed by atoms with Crippen LogP contribution in [0, 0.1) is 0 Å². The molecule has 1 aromatic heterocycles. The summed E-state index contributed by atoms with van der Waals surface area (Å²) in [5.41, 5.74) is 6.78. The van der Waals surface area contributed by atoms with Gasteiger partial charge in [-0.25, -0.2) is 4.98 Å². The van der Waals surface area contributed by atoms with Crippen molar-refractivity contribution in [2.24, 2.45) is 5.73 Å². The maximum atomic E-state index is 5.73. The maximum absolute atomic E-state index is 5.73. The van der Waals surface area contributed by atoms with Crippen LogP contribution in [0.15, 0.2) is 18.3 Å². The van der Waals surface area contributed by atoms with Crippen molar-refractivity contribution in [3.8, 4) is 5.88 Å². The Morgan fingerprint density at radius 1 is 1.59 bits per heavy atom. The highest BCUT2D eigenvalue weighted by Gasteiger charge is 2.24. The number of nitrogens with two attached hydrogens (primary N) is 1. The number of aromatic nitrogens is 1. The molecule has 0 spiro atoms. The number of hydrogen-bond acceptors (Lipinski definition) is 5. The number of morpholine rings is 1. The van der Waals surface area contributed by atoms with Gasteiger partial charge in [0.15, 0.2) is 0 Å². The van der Waals surface area contributed by atoms with Crippen LogP contribution in [0.1, 0.15) is 6.92 Å². The molecular weight excluding hydrogens is 218 g/mol. The van der Waals surface area contributed by atoms with E-state index in [1.807, 2.05) is 12.1 Å². The summed E-state index contributed by atoms with van der Waals surface area (Å²) in [7, 11) is 1.62. The first kappa shape index (κ1) is 12.1. The Balaban J connectivity index is 2.14. The zero-order valence-corrected chi connectivity index (χ0v) is 10.3. The van der Waals surface area contributed by atoms with Crippen molar-refractivity contribution in [3.63, 3.8) is 0 Å². The summed E-state index contributed by atoms with van der Waals surface area (Å²) < 4.78 is 10.9. The third-order valence-corrected chi connectivity index (χ3v) is 2.88. The van der Waals surface area contributed by atoms with Crippen molar-refractivity contribution in [2.45, 2.75) is 19.1 Å². The van der Waals surface area contributed by atoms with Gasteiger partial charge in [-0.05, 0) is 13.0 Å². The monoisotopic (exact) mass is 237 g/mol. The van der Waals surface area contributed by atoms with E-state index in [2.05, 4.69) is 16.8 Å². The number of hydrogen-bond donors (Lipinski definition) is 1. The summed E-state index contributed by atoms with van der Waals surface area (Å²) in [6.07, 6.45) is 2.04. The van der Waals surface area contributed by atoms with Gasteiger partial charge >= 0.3 is 0 Å². The van der Waals surface area contributed by atoms with E-state index in [1.54, 1.807) is 13.3 Å². The standard InChI is InChI=1S/C12H19N3O2/c1-9-7-15(8-11(6-13)17-9)10-3-4-14-12(5-10)16-2/h3-5,9,11H,6-8,13H2,1-2H3. The van der Waals surface area contributed by atoms with Gasteiger partial charge in [0, 0.05) is 37.6 Å². The summed E-state index contributed by atoms with van der Waals surface area (Å²) in [4.78, 5) is 6.37. The predicted octanol–water partition coefficient (Wildman–Crippen LogP) is 0.643. The number of pyridine rings is 1. The Bertz CT molecular complexity index is 373. The fourth-order valence-electron chi connectivity index (χ4n) is 2.09. The van der Waals surface area contributed by atoms with Gasteiger partial charge in [0.1, 0.15) is 0 Å². The lowest BCUT2D eigenvalue weighted by atomic mass is 10.2. The van der Waals surface area contributed by atoms with Gasteiger partial charge < -0.3 is 20.1 Å². The van der Waals surface area contributed by atoms with Gasteiger partial charge in [-0.1, -0.05) is 0 Å². The molecule has 0 amide bonds. The Morgan fingerprint density at radius 3 is 3.12 bits per heavy atom. The second kappa shape index (κ2) is 5.33. The van der Waals surface area contributed by atoms with Gasteiger partial charge in [-0.3, -0.25) is 0 Å². The molecule has 1 aliphatic rings. The Kier molecular flexibility index (Phi) is 3.81. The molecule has 2 N–H and O–H groups in total. The van der Waals surface area contributed by atoms with Crippen molar-refractivity contribution < 1.29 is 9.47 Å². The topological polar surface area (TPSA) is 60.6 Å². The van der Waals surface area contributed by atoms with Gasteiger partial charge in [0.25, 0.3) is 0 Å². The minimum atomic E-state index is 0.0953. The Hall–Kier alpha value is -1.33. The maximum Gasteiger partial charge on any atom is 0.214 e. The minimum Gasteiger partial charge on any atom is -0.481 e. The third-order valence-electron chi connectivity index (χ3n) is 2.88. The predicted molar refractivity (Wildman–Crippen MR) is 66.4 cm³/mol. The van der Waals surface area contributed by atoms with Crippen LogP contribution in [0.2, 0.25) is 0 Å². The van der Waals surface area contributed by atoms with E-state index in [1.165, 1.54) is 0 Å². The average molecular weight is 237 g/mol. The van der Waals surface area contributed by atoms with Gasteiger partial charge in [-0.15, -0.1) is 0 Å². The number of ether oxygens (including phenoxy) is 2. The highest BCUT2D eigenvalue weighted by Crippen LogP contribution is 2.22. The second-order valence-corrected chi connectivity index (χ2v) is 4.27. The Labute approximate surface area is 102 Å². The van der Waals surface area contributed by atoms with E-state index in [0.29, 0.717) is 12.4 Å². The van der Waals surface area contributed by atoms with Crippen molar-refractivity contribution in [1.82, 2.24) is 4.98 Å². The van der Waals surface area contributed by atoms with Crippen LogP contribution in [0.5, 0.6) is 5.88 Å². The van der Waals surface area contributed by atoms with E-state index in [9.17, 15) is 0 Å². The van der Waals surface area contributed by atoms with Gasteiger partial charge in [0.05, 0.1) is 19.3 Å². The molecule has 1 aromatic rings. The molecule has 2 unspecified atom stereocenters. The summed E-state index contributed by atoms with van der Waals surface area (Å²) in [5.74, 6) is 0.631. The lowest BCUT2D eigenvalue weighted by molar-refractivity contribution is -0.0104. The van der Waals surface area contributed by atoms with Crippen molar-refractivity contribution in [1.29, 1.82) is 0 Å². The van der Waals surface area contributed by atoms with Crippen LogP contribution in [0.4, 0.5) is 5.69 Å². The van der Waals surface area contributed by atoms with Gasteiger partial charge in [0.2, 0.25) is 5.88 Å². The molecule has 2 rings (SSSR count). The third kappa shape index (κ3) is 2.87. The lowest BCUT2D eigenvalue weighted by Crippen LogP contribution is -2.49. The molecule has 0 radical (unpaired) electrons. The zero-order valence-electron chi connectivity index (χ0n) is 10.3. The largest absolute Gasteiger partial charge is 0.481 e. The molecule has 2 heterocycles. The van der Waals surface area contributed by atoms with Crippen LogP contribution in [0.3, 0.4) is 0 Å². The van der Waals surface area contributed by atoms with E-state index in [-0.39, 0.29) is 12.2 Å². The molecular formula is C12H19N3O2. The molecule has 1 saturated heterocycles. The second-order valence-electron chi connectivity index (χ2n) is 4.27. The first-order chi connectivity index (χ1) is 8.22. The van der Waals surface area contributed by atoms with E-state index in [4.69, 9.17) is 15.2 Å². The fourth-order valence-corrected chi connectivity index (χ4v) is 2.09. The van der Waals surface area contributed by atoms with Crippen LogP contribution in [0.25, 0.3) is 0 Å². The number of rotatable bonds is 3. The first-order valence-corrected chi connectivity index (χ1v) is 5.83. The molecule has 0 aromatic carbocycles. The fraction of sp³-hybridized carbons (Fsp3) is 0.583. The summed E-state index contributed by atoms with van der Waals surface area (Å²) in [5, 5.41) is 0. The summed E-state index contributed by atoms with van der Waals surface area (Å²) in [6.45, 7) is 4.29. The van der Waals surface area contributed by atoms with Crippen LogP contribution in [-0.2, 0) is 4.74 Å². The molecule has 1 aliphatic heterocycles. The molecule has 17 heavy (non-hydrogen) atoms. The molecule has 0 bridgehead atoms. The quantitative estimate of drug-likeness (QED) is 0.836. The first-order valence-electron chi connectivity index (χ1n) is 5.83. The van der Waals surface area contributed by atoms with Crippen molar-refractivity contribution in [2.75, 3.05) is 31.6 Å². The summed E-state index contributed by atoms with van der Waals surface area (Å²) in [6, 6.07) is 3.92. The summed E-state index contributed by atoms with van der Waals surface area (Å²) >= 11 is 0. The SMILES string of the molecule is COc1cc(N2CC(C)OC(CN)C2)ccn1. The van der Waals surface area contributed by atoms with Crippen LogP contribution < -0.4 is 15.4 Å². The molecule has 2 atom stereocenters. The van der Waals surface area contributed by atoms with Crippen LogP contribution in [-0.4, -0.2) is 43.9 Å². The van der Waals surface area contributed by atoms with E-state index >= 15 is 0 Å². The highest BCUT2D eigenvalue weighted by atomic mass is 16.5. The zero-order chi connectivity index (χ0) is 12.3. The van der Waals surface area contributed by atoms with E-state index in [0.717, 1.165) is 18.8 Å². The average Bonchev–Trinajstić information content (AvgIpc) is 2.38. The number of anilines is 1. The molecule has 0 saturated carbocycles. The van der Waals surface area contributed by atoms with E-state index < -0.39 is 0 Å². The lowest BCUT2D eigenvalue weighted by Gasteiger charge is -2.37. The molecule has 0 aliphatic carbocycles.